The molecule has 1 heterocycles. The maximum absolute atomic E-state index is 10.8. The zero-order valence-corrected chi connectivity index (χ0v) is 5.84. The molecule has 0 aromatic carbocycles. The highest BCUT2D eigenvalue weighted by molar-refractivity contribution is 6.14. The number of rotatable bonds is 0. The van der Waals surface area contributed by atoms with Gasteiger partial charge in [-0.1, -0.05) is 0 Å². The van der Waals surface area contributed by atoms with Gasteiger partial charge in [0.1, 0.15) is 11.8 Å². The van der Waals surface area contributed by atoms with E-state index in [1.807, 2.05) is 0 Å². The van der Waals surface area contributed by atoms with Gasteiger partial charge in [0.2, 0.25) is 5.91 Å². The van der Waals surface area contributed by atoms with Crippen LogP contribution in [0.5, 0.6) is 0 Å². The van der Waals surface area contributed by atoms with Crippen LogP contribution in [-0.2, 0) is 9.59 Å². The first-order chi connectivity index (χ1) is 4.61. The van der Waals surface area contributed by atoms with E-state index in [1.165, 1.54) is 6.92 Å². The number of carbonyl (C=O) groups is 2. The Labute approximate surface area is 58.3 Å². The lowest BCUT2D eigenvalue weighted by molar-refractivity contribution is -0.132. The van der Waals surface area contributed by atoms with E-state index in [0.29, 0.717) is 5.84 Å². The van der Waals surface area contributed by atoms with Crippen molar-refractivity contribution in [1.82, 2.24) is 5.32 Å². The highest BCUT2D eigenvalue weighted by atomic mass is 16.2. The molecule has 1 aliphatic heterocycles. The van der Waals surface area contributed by atoms with Crippen molar-refractivity contribution in [2.24, 2.45) is 10.9 Å². The zero-order chi connectivity index (χ0) is 7.72. The summed E-state index contributed by atoms with van der Waals surface area (Å²) in [6.07, 6.45) is 0. The Morgan fingerprint density at radius 1 is 1.50 bits per heavy atom. The second-order valence-corrected chi connectivity index (χ2v) is 2.25. The van der Waals surface area contributed by atoms with Gasteiger partial charge in [-0.2, -0.15) is 4.99 Å². The second-order valence-electron chi connectivity index (χ2n) is 2.25. The standard InChI is InChI=1S/C6H8N2O2/c1-3-5(9)7-4(2)8-6(3)10/h3H,1-2H3,(H,7,8,9,10). The number of nitrogens with zero attached hydrogens (tertiary/aromatic N) is 1. The first kappa shape index (κ1) is 6.92. The summed E-state index contributed by atoms with van der Waals surface area (Å²) in [5, 5.41) is 2.45. The van der Waals surface area contributed by atoms with E-state index >= 15 is 0 Å². The molecule has 1 atom stereocenters. The van der Waals surface area contributed by atoms with E-state index in [1.54, 1.807) is 6.92 Å². The molecule has 0 spiro atoms. The van der Waals surface area contributed by atoms with Crippen molar-refractivity contribution in [2.75, 3.05) is 0 Å². The topological polar surface area (TPSA) is 58.5 Å². The molecule has 10 heavy (non-hydrogen) atoms. The Morgan fingerprint density at radius 2 is 2.10 bits per heavy atom. The first-order valence-corrected chi connectivity index (χ1v) is 3.01. The molecule has 0 saturated heterocycles. The van der Waals surface area contributed by atoms with Crippen LogP contribution in [0, 0.1) is 5.92 Å². The van der Waals surface area contributed by atoms with E-state index in [2.05, 4.69) is 10.3 Å². The molecule has 1 N–H and O–H groups in total. The SMILES string of the molecule is CC1=NC(=O)[C@H](C)C(=O)N1. The van der Waals surface area contributed by atoms with Crippen LogP contribution in [0.4, 0.5) is 0 Å². The molecule has 4 heteroatoms. The maximum Gasteiger partial charge on any atom is 0.259 e. The van der Waals surface area contributed by atoms with Crippen LogP contribution in [-0.4, -0.2) is 17.6 Å². The summed E-state index contributed by atoms with van der Waals surface area (Å²) in [4.78, 5) is 25.1. The predicted molar refractivity (Wildman–Crippen MR) is 35.4 cm³/mol. The number of amidine groups is 1. The fourth-order valence-electron chi connectivity index (χ4n) is 0.689. The number of aliphatic imine (C=N–C) groups is 1. The number of nitrogens with one attached hydrogen (secondary N) is 1. The molecule has 0 saturated carbocycles. The molecule has 0 radical (unpaired) electrons. The van der Waals surface area contributed by atoms with Gasteiger partial charge in [-0.3, -0.25) is 9.59 Å². The molecule has 1 rings (SSSR count). The summed E-state index contributed by atoms with van der Waals surface area (Å²) in [5.74, 6) is -0.865. The average Bonchev–Trinajstić information content (AvgIpc) is 1.82. The van der Waals surface area contributed by atoms with Crippen molar-refractivity contribution in [3.05, 3.63) is 0 Å². The molecule has 0 fully saturated rings. The smallest absolute Gasteiger partial charge is 0.259 e. The molecule has 1 aliphatic rings. The summed E-state index contributed by atoms with van der Waals surface area (Å²) in [5.41, 5.74) is 0. The van der Waals surface area contributed by atoms with Gasteiger partial charge < -0.3 is 5.32 Å². The maximum atomic E-state index is 10.8. The van der Waals surface area contributed by atoms with Crippen LogP contribution < -0.4 is 5.32 Å². The Kier molecular flexibility index (Phi) is 1.53. The molecule has 0 bridgehead atoms. The third-order valence-corrected chi connectivity index (χ3v) is 1.35. The van der Waals surface area contributed by atoms with Gasteiger partial charge in [0.25, 0.3) is 5.91 Å². The van der Waals surface area contributed by atoms with E-state index in [9.17, 15) is 9.59 Å². The normalized spacial score (nSPS) is 25.8. The third-order valence-electron chi connectivity index (χ3n) is 1.35. The Bertz CT molecular complexity index is 220. The van der Waals surface area contributed by atoms with Crippen LogP contribution in [0.1, 0.15) is 13.8 Å². The third kappa shape index (κ3) is 1.05. The minimum Gasteiger partial charge on any atom is -0.314 e. The lowest BCUT2D eigenvalue weighted by Gasteiger charge is -2.13. The lowest BCUT2D eigenvalue weighted by Crippen LogP contribution is -2.41. The van der Waals surface area contributed by atoms with Crippen molar-refractivity contribution >= 4 is 17.6 Å². The molecule has 4 nitrogen and oxygen atoms in total. The van der Waals surface area contributed by atoms with Gasteiger partial charge in [0.05, 0.1) is 0 Å². The highest BCUT2D eigenvalue weighted by Crippen LogP contribution is 2.02. The van der Waals surface area contributed by atoms with Crippen LogP contribution >= 0.6 is 0 Å². The Morgan fingerprint density at radius 3 is 2.60 bits per heavy atom. The van der Waals surface area contributed by atoms with E-state index in [-0.39, 0.29) is 11.8 Å². The minimum absolute atomic E-state index is 0.266. The highest BCUT2D eigenvalue weighted by Gasteiger charge is 2.25. The molecular weight excluding hydrogens is 132 g/mol. The van der Waals surface area contributed by atoms with E-state index in [4.69, 9.17) is 0 Å². The van der Waals surface area contributed by atoms with Crippen LogP contribution in [0.3, 0.4) is 0 Å². The fraction of sp³-hybridized carbons (Fsp3) is 0.500. The monoisotopic (exact) mass is 140 g/mol. The minimum atomic E-state index is -0.622. The van der Waals surface area contributed by atoms with E-state index in [0.717, 1.165) is 0 Å². The summed E-state index contributed by atoms with van der Waals surface area (Å²) in [6.45, 7) is 3.12. The van der Waals surface area contributed by atoms with Gasteiger partial charge in [-0.15, -0.1) is 0 Å². The Balaban J connectivity index is 2.89. The zero-order valence-electron chi connectivity index (χ0n) is 5.84. The molecule has 2 amide bonds. The largest absolute Gasteiger partial charge is 0.314 e. The summed E-state index contributed by atoms with van der Waals surface area (Å²) >= 11 is 0. The van der Waals surface area contributed by atoms with Crippen LogP contribution in [0.15, 0.2) is 4.99 Å². The fourth-order valence-corrected chi connectivity index (χ4v) is 0.689. The summed E-state index contributed by atoms with van der Waals surface area (Å²) in [7, 11) is 0. The van der Waals surface area contributed by atoms with E-state index < -0.39 is 5.92 Å². The van der Waals surface area contributed by atoms with Crippen molar-refractivity contribution in [1.29, 1.82) is 0 Å². The van der Waals surface area contributed by atoms with Gasteiger partial charge in [0.15, 0.2) is 0 Å². The number of hydrogen-bond acceptors (Lipinski definition) is 2. The number of carbonyl (C=O) groups excluding carboxylic acids is 2. The molecule has 0 aromatic rings. The average molecular weight is 140 g/mol. The number of hydrogen-bond donors (Lipinski definition) is 1. The molecule has 0 aliphatic carbocycles. The summed E-state index contributed by atoms with van der Waals surface area (Å²) in [6, 6.07) is 0. The lowest BCUT2D eigenvalue weighted by atomic mass is 10.1. The summed E-state index contributed by atoms with van der Waals surface area (Å²) < 4.78 is 0. The molecular formula is C6H8N2O2. The Hall–Kier alpha value is -1.19. The van der Waals surface area contributed by atoms with Crippen LogP contribution in [0.2, 0.25) is 0 Å². The molecule has 54 valence electrons. The van der Waals surface area contributed by atoms with Gasteiger partial charge in [-0.25, -0.2) is 0 Å². The van der Waals surface area contributed by atoms with Crippen molar-refractivity contribution < 1.29 is 9.59 Å². The predicted octanol–water partition coefficient (Wildman–Crippen LogP) is -0.303. The first-order valence-electron chi connectivity index (χ1n) is 3.01. The van der Waals surface area contributed by atoms with Crippen LogP contribution in [0.25, 0.3) is 0 Å². The number of amides is 2. The van der Waals surface area contributed by atoms with Gasteiger partial charge >= 0.3 is 0 Å². The second kappa shape index (κ2) is 2.21. The van der Waals surface area contributed by atoms with Gasteiger partial charge in [-0.05, 0) is 13.8 Å². The van der Waals surface area contributed by atoms with Crippen molar-refractivity contribution in [3.8, 4) is 0 Å². The molecule has 0 aromatic heterocycles. The van der Waals surface area contributed by atoms with Gasteiger partial charge in [0, 0.05) is 0 Å². The molecule has 0 unspecified atom stereocenters. The quantitative estimate of drug-likeness (QED) is 0.469. The van der Waals surface area contributed by atoms with Crippen molar-refractivity contribution in [2.45, 2.75) is 13.8 Å². The van der Waals surface area contributed by atoms with Crippen molar-refractivity contribution in [3.63, 3.8) is 0 Å².